The topological polar surface area (TPSA) is 37.4 Å². The summed E-state index contributed by atoms with van der Waals surface area (Å²) >= 11 is 0. The molecule has 4 rings (SSSR count). The fourth-order valence-electron chi connectivity index (χ4n) is 3.58. The van der Waals surface area contributed by atoms with Crippen molar-refractivity contribution in [3.63, 3.8) is 0 Å². The van der Waals surface area contributed by atoms with Crippen molar-refractivity contribution in [3.05, 3.63) is 83.9 Å². The van der Waals surface area contributed by atoms with Crippen LogP contribution in [0.2, 0.25) is 0 Å². The Morgan fingerprint density at radius 3 is 2.41 bits per heavy atom. The number of amides is 1. The van der Waals surface area contributed by atoms with Crippen LogP contribution in [0.4, 0.5) is 0 Å². The van der Waals surface area contributed by atoms with Crippen molar-refractivity contribution in [2.75, 3.05) is 19.3 Å². The van der Waals surface area contributed by atoms with Gasteiger partial charge in [0.1, 0.15) is 0 Å². The van der Waals surface area contributed by atoms with Crippen molar-refractivity contribution < 1.29 is 9.00 Å². The van der Waals surface area contributed by atoms with Gasteiger partial charge in [-0.05, 0) is 52.6 Å². The number of benzene rings is 3. The van der Waals surface area contributed by atoms with Gasteiger partial charge in [0.15, 0.2) is 0 Å². The maximum atomic E-state index is 12.8. The zero-order valence-corrected chi connectivity index (χ0v) is 16.0. The summed E-state index contributed by atoms with van der Waals surface area (Å²) in [6.07, 6.45) is 4.65. The minimum atomic E-state index is -1.03. The largest absolute Gasteiger partial charge is 0.335 e. The lowest BCUT2D eigenvalue weighted by atomic mass is 9.94. The molecular formula is C23H21NO2S. The Balaban J connectivity index is 1.54. The number of fused-ring (bicyclic) bond motifs is 1. The molecule has 0 bridgehead atoms. The van der Waals surface area contributed by atoms with E-state index in [-0.39, 0.29) is 5.91 Å². The van der Waals surface area contributed by atoms with E-state index in [0.717, 1.165) is 11.3 Å². The summed E-state index contributed by atoms with van der Waals surface area (Å²) < 4.78 is 11.5. The van der Waals surface area contributed by atoms with Crippen LogP contribution in [0.1, 0.15) is 22.3 Å². The quantitative estimate of drug-likeness (QED) is 0.676. The molecular weight excluding hydrogens is 354 g/mol. The van der Waals surface area contributed by atoms with E-state index in [4.69, 9.17) is 0 Å². The molecule has 1 heterocycles. The average Bonchev–Trinajstić information content (AvgIpc) is 2.73. The number of hydrogen-bond acceptors (Lipinski definition) is 2. The smallest absolute Gasteiger partial charge is 0.254 e. The van der Waals surface area contributed by atoms with E-state index in [1.165, 1.54) is 21.9 Å². The Hall–Kier alpha value is -2.72. The van der Waals surface area contributed by atoms with Gasteiger partial charge in [-0.1, -0.05) is 48.5 Å². The molecule has 0 aliphatic carbocycles. The Morgan fingerprint density at radius 2 is 1.70 bits per heavy atom. The zero-order chi connectivity index (χ0) is 18.8. The second-order valence-corrected chi connectivity index (χ2v) is 8.12. The minimum Gasteiger partial charge on any atom is -0.335 e. The lowest BCUT2D eigenvalue weighted by Crippen LogP contribution is -2.34. The van der Waals surface area contributed by atoms with Crippen LogP contribution in [0.25, 0.3) is 16.3 Å². The molecule has 3 aromatic rings. The molecule has 1 amide bonds. The van der Waals surface area contributed by atoms with Gasteiger partial charge in [-0.25, -0.2) is 0 Å². The van der Waals surface area contributed by atoms with Crippen molar-refractivity contribution in [1.29, 1.82) is 0 Å². The van der Waals surface area contributed by atoms with Gasteiger partial charge in [-0.2, -0.15) is 0 Å². The van der Waals surface area contributed by atoms with Gasteiger partial charge in [-0.15, -0.1) is 0 Å². The molecule has 0 radical (unpaired) electrons. The SMILES string of the molecule is C[S@@](=O)c1ccc(C(=O)N2CC=C(c3cccc4ccccc34)CC2)cc1. The van der Waals surface area contributed by atoms with Crippen LogP contribution >= 0.6 is 0 Å². The highest BCUT2D eigenvalue weighted by atomic mass is 32.2. The second kappa shape index (κ2) is 7.49. The Kier molecular flexibility index (Phi) is 4.90. The third kappa shape index (κ3) is 3.58. The molecule has 0 aromatic heterocycles. The number of hydrogen-bond donors (Lipinski definition) is 0. The van der Waals surface area contributed by atoms with Crippen LogP contribution in [0.3, 0.4) is 0 Å². The van der Waals surface area contributed by atoms with Gasteiger partial charge in [0.05, 0.1) is 0 Å². The highest BCUT2D eigenvalue weighted by Crippen LogP contribution is 2.29. The molecule has 0 unspecified atom stereocenters. The van der Waals surface area contributed by atoms with Gasteiger partial charge in [0.2, 0.25) is 0 Å². The van der Waals surface area contributed by atoms with Crippen molar-refractivity contribution in [2.24, 2.45) is 0 Å². The lowest BCUT2D eigenvalue weighted by Gasteiger charge is -2.27. The van der Waals surface area contributed by atoms with Crippen LogP contribution < -0.4 is 0 Å². The fourth-order valence-corrected chi connectivity index (χ4v) is 4.09. The van der Waals surface area contributed by atoms with Crippen LogP contribution in [0.15, 0.2) is 77.7 Å². The number of carbonyl (C=O) groups excluding carboxylic acids is 1. The first kappa shape index (κ1) is 17.7. The summed E-state index contributed by atoms with van der Waals surface area (Å²) in [5.41, 5.74) is 3.20. The predicted molar refractivity (Wildman–Crippen MR) is 111 cm³/mol. The molecule has 0 saturated heterocycles. The Bertz CT molecular complexity index is 1050. The zero-order valence-electron chi connectivity index (χ0n) is 15.2. The maximum Gasteiger partial charge on any atom is 0.254 e. The second-order valence-electron chi connectivity index (χ2n) is 6.74. The first-order chi connectivity index (χ1) is 13.1. The van der Waals surface area contributed by atoms with E-state index in [1.54, 1.807) is 30.5 Å². The first-order valence-electron chi connectivity index (χ1n) is 9.03. The van der Waals surface area contributed by atoms with E-state index in [0.29, 0.717) is 18.7 Å². The maximum absolute atomic E-state index is 12.8. The molecule has 0 spiro atoms. The molecule has 136 valence electrons. The summed E-state index contributed by atoms with van der Waals surface area (Å²) in [7, 11) is -1.03. The van der Waals surface area contributed by atoms with Gasteiger partial charge in [-0.3, -0.25) is 9.00 Å². The number of nitrogens with zero attached hydrogens (tertiary/aromatic N) is 1. The molecule has 27 heavy (non-hydrogen) atoms. The van der Waals surface area contributed by atoms with Gasteiger partial charge in [0.25, 0.3) is 5.91 Å². The molecule has 1 aliphatic rings. The van der Waals surface area contributed by atoms with Crippen molar-refractivity contribution in [1.82, 2.24) is 4.90 Å². The summed E-state index contributed by atoms with van der Waals surface area (Å²) in [5.74, 6) is 0.0247. The van der Waals surface area contributed by atoms with Crippen LogP contribution in [0.5, 0.6) is 0 Å². The van der Waals surface area contributed by atoms with Crippen LogP contribution in [0, 0.1) is 0 Å². The highest BCUT2D eigenvalue weighted by Gasteiger charge is 2.20. The number of carbonyl (C=O) groups is 1. The molecule has 1 aliphatic heterocycles. The van der Waals surface area contributed by atoms with Crippen molar-refractivity contribution >= 4 is 33.1 Å². The Labute approximate surface area is 161 Å². The molecule has 0 fully saturated rings. The molecule has 1 atom stereocenters. The van der Waals surface area contributed by atoms with E-state index in [9.17, 15) is 9.00 Å². The summed E-state index contributed by atoms with van der Waals surface area (Å²) in [5, 5.41) is 2.50. The van der Waals surface area contributed by atoms with Gasteiger partial charge < -0.3 is 4.90 Å². The summed E-state index contributed by atoms with van der Waals surface area (Å²) in [6, 6.07) is 21.9. The summed E-state index contributed by atoms with van der Waals surface area (Å²) in [6.45, 7) is 1.31. The molecule has 3 aromatic carbocycles. The predicted octanol–water partition coefficient (Wildman–Crippen LogP) is 4.51. The third-order valence-corrected chi connectivity index (χ3v) is 6.00. The summed E-state index contributed by atoms with van der Waals surface area (Å²) in [4.78, 5) is 15.4. The standard InChI is InChI=1S/C23H21NO2S/c1-27(26)20-11-9-19(10-12-20)23(25)24-15-13-18(14-16-24)22-8-4-6-17-5-2-3-7-21(17)22/h2-13H,14-16H2,1H3/t27-/m1/s1. The van der Waals surface area contributed by atoms with Crippen LogP contribution in [-0.4, -0.2) is 34.4 Å². The molecule has 3 nitrogen and oxygen atoms in total. The van der Waals surface area contributed by atoms with E-state index >= 15 is 0 Å². The van der Waals surface area contributed by atoms with Crippen LogP contribution in [-0.2, 0) is 10.8 Å². The third-order valence-electron chi connectivity index (χ3n) is 5.07. The number of rotatable bonds is 3. The van der Waals surface area contributed by atoms with Gasteiger partial charge in [0, 0.05) is 40.6 Å². The minimum absolute atomic E-state index is 0.0247. The molecule has 0 N–H and O–H groups in total. The lowest BCUT2D eigenvalue weighted by molar-refractivity contribution is 0.0773. The monoisotopic (exact) mass is 375 g/mol. The normalized spacial score (nSPS) is 15.4. The highest BCUT2D eigenvalue weighted by molar-refractivity contribution is 7.84. The first-order valence-corrected chi connectivity index (χ1v) is 10.6. The fraction of sp³-hybridized carbons (Fsp3) is 0.174. The van der Waals surface area contributed by atoms with E-state index in [1.807, 2.05) is 4.90 Å². The van der Waals surface area contributed by atoms with Crippen molar-refractivity contribution in [3.8, 4) is 0 Å². The average molecular weight is 375 g/mol. The van der Waals surface area contributed by atoms with E-state index in [2.05, 4.69) is 48.5 Å². The molecule has 4 heteroatoms. The van der Waals surface area contributed by atoms with Crippen molar-refractivity contribution in [2.45, 2.75) is 11.3 Å². The molecule has 0 saturated carbocycles. The van der Waals surface area contributed by atoms with Gasteiger partial charge >= 0.3 is 0 Å². The van der Waals surface area contributed by atoms with E-state index < -0.39 is 10.8 Å². The Morgan fingerprint density at radius 1 is 0.963 bits per heavy atom.